The summed E-state index contributed by atoms with van der Waals surface area (Å²) < 4.78 is 0. The average molecular weight is 155 g/mol. The van der Waals surface area contributed by atoms with Gasteiger partial charge in [-0.15, -0.1) is 0 Å². The van der Waals surface area contributed by atoms with Crippen molar-refractivity contribution in [3.05, 3.63) is 0 Å². The second kappa shape index (κ2) is 2.01. The Morgan fingerprint density at radius 3 is 2.09 bits per heavy atom. The van der Waals surface area contributed by atoms with Crippen LogP contribution in [0, 0.1) is 16.7 Å². The highest BCUT2D eigenvalue weighted by molar-refractivity contribution is 5.20. The second-order valence-electron chi connectivity index (χ2n) is 4.89. The maximum Gasteiger partial charge on any atom is 0.00473 e. The molecule has 0 aromatic rings. The first-order valence-corrected chi connectivity index (χ1v) is 4.24. The molecule has 2 saturated carbocycles. The fourth-order valence-electron chi connectivity index (χ4n) is 3.09. The lowest BCUT2D eigenvalue weighted by Crippen LogP contribution is -2.22. The van der Waals surface area contributed by atoms with E-state index in [4.69, 9.17) is 5.73 Å². The molecule has 0 aromatic heterocycles. The van der Waals surface area contributed by atoms with E-state index in [9.17, 15) is 0 Å². The van der Waals surface area contributed by atoms with E-state index in [2.05, 4.69) is 20.8 Å². The van der Waals surface area contributed by atoms with Crippen LogP contribution in [0.3, 0.4) is 0 Å². The van der Waals surface area contributed by atoms with Gasteiger partial charge in [0.15, 0.2) is 0 Å². The molecule has 0 amide bonds. The molecule has 11 heavy (non-hydrogen) atoms. The molecule has 0 spiro atoms. The first-order chi connectivity index (χ1) is 4.48. The predicted molar refractivity (Wildman–Crippen MR) is 49.3 cm³/mol. The van der Waals surface area contributed by atoms with E-state index in [1.807, 2.05) is 0 Å². The lowest BCUT2D eigenvalue weighted by Gasteiger charge is -2.17. The van der Waals surface area contributed by atoms with Crippen LogP contribution < -0.4 is 5.73 Å². The molecule has 0 radical (unpaired) electrons. The predicted octanol–water partition coefficient (Wildman–Crippen LogP) is 2.41. The molecule has 0 aliphatic heterocycles. The number of hydrogen-bond acceptors (Lipinski definition) is 1. The van der Waals surface area contributed by atoms with Gasteiger partial charge in [0.25, 0.3) is 0 Å². The number of hydrogen-bond donors (Lipinski definition) is 1. The van der Waals surface area contributed by atoms with Crippen LogP contribution in [0.2, 0.25) is 0 Å². The maximum atomic E-state index is 5.86. The van der Waals surface area contributed by atoms with Crippen LogP contribution in [-0.2, 0) is 0 Å². The quantitative estimate of drug-likeness (QED) is 0.571. The van der Waals surface area contributed by atoms with E-state index in [0.717, 1.165) is 5.92 Å². The third kappa shape index (κ3) is 0.807. The zero-order valence-corrected chi connectivity index (χ0v) is 7.15. The highest BCUT2D eigenvalue weighted by Crippen LogP contribution is 2.75. The summed E-state index contributed by atoms with van der Waals surface area (Å²) in [6, 6.07) is 0.503. The first-order valence-electron chi connectivity index (χ1n) is 4.24. The van der Waals surface area contributed by atoms with E-state index in [-0.39, 0.29) is 7.43 Å². The second-order valence-corrected chi connectivity index (χ2v) is 4.89. The molecular formula is C10H21N. The molecule has 3 atom stereocenters. The first kappa shape index (κ1) is 9.05. The Morgan fingerprint density at radius 2 is 1.82 bits per heavy atom. The molecule has 1 heteroatoms. The molecule has 1 nitrogen and oxygen atoms in total. The van der Waals surface area contributed by atoms with Crippen molar-refractivity contribution < 1.29 is 0 Å². The van der Waals surface area contributed by atoms with Gasteiger partial charge in [-0.3, -0.25) is 0 Å². The highest BCUT2D eigenvalue weighted by atomic mass is 14.8. The fraction of sp³-hybridized carbons (Fsp3) is 1.00. The summed E-state index contributed by atoms with van der Waals surface area (Å²) in [5.41, 5.74) is 7.07. The van der Waals surface area contributed by atoms with Crippen LogP contribution in [-0.4, -0.2) is 6.04 Å². The minimum atomic E-state index is 0. The zero-order valence-electron chi connectivity index (χ0n) is 7.15. The summed E-state index contributed by atoms with van der Waals surface area (Å²) in [5, 5.41) is 0. The van der Waals surface area contributed by atoms with Gasteiger partial charge in [0, 0.05) is 6.04 Å². The lowest BCUT2D eigenvalue weighted by atomic mass is 9.91. The van der Waals surface area contributed by atoms with Crippen molar-refractivity contribution in [1.82, 2.24) is 0 Å². The molecule has 2 aliphatic rings. The van der Waals surface area contributed by atoms with E-state index < -0.39 is 0 Å². The molecule has 2 N–H and O–H groups in total. The number of rotatable bonds is 0. The monoisotopic (exact) mass is 155 g/mol. The van der Waals surface area contributed by atoms with Gasteiger partial charge in [0.1, 0.15) is 0 Å². The zero-order chi connectivity index (χ0) is 7.57. The Bertz CT molecular complexity index is 174. The summed E-state index contributed by atoms with van der Waals surface area (Å²) in [6.07, 6.45) is 2.52. The van der Waals surface area contributed by atoms with E-state index in [1.165, 1.54) is 12.8 Å². The van der Waals surface area contributed by atoms with Gasteiger partial charge < -0.3 is 5.73 Å². The van der Waals surface area contributed by atoms with Crippen molar-refractivity contribution in [3.63, 3.8) is 0 Å². The van der Waals surface area contributed by atoms with Crippen molar-refractivity contribution in [2.24, 2.45) is 22.5 Å². The van der Waals surface area contributed by atoms with Gasteiger partial charge in [0.2, 0.25) is 0 Å². The van der Waals surface area contributed by atoms with E-state index in [0.29, 0.717) is 16.9 Å². The Hall–Kier alpha value is -0.0400. The third-order valence-corrected chi connectivity index (χ3v) is 4.25. The maximum absolute atomic E-state index is 5.86. The smallest absolute Gasteiger partial charge is 0.00473 e. The van der Waals surface area contributed by atoms with Gasteiger partial charge in [0.05, 0.1) is 0 Å². The SMILES string of the molecule is C.CC1(C)C2CC(N)CC21C. The van der Waals surface area contributed by atoms with Crippen molar-refractivity contribution in [2.75, 3.05) is 0 Å². The molecule has 0 saturated heterocycles. The average Bonchev–Trinajstić information content (AvgIpc) is 2.21. The number of nitrogens with two attached hydrogens (primary N) is 1. The van der Waals surface area contributed by atoms with Crippen molar-refractivity contribution in [3.8, 4) is 0 Å². The molecule has 0 aromatic carbocycles. The highest BCUT2D eigenvalue weighted by Gasteiger charge is 2.70. The Labute approximate surface area is 70.4 Å². The summed E-state index contributed by atoms with van der Waals surface area (Å²) in [4.78, 5) is 0. The van der Waals surface area contributed by atoms with Gasteiger partial charge in [-0.25, -0.2) is 0 Å². The normalized spacial score (nSPS) is 51.3. The molecular weight excluding hydrogens is 134 g/mol. The van der Waals surface area contributed by atoms with Crippen LogP contribution in [0.15, 0.2) is 0 Å². The van der Waals surface area contributed by atoms with Crippen molar-refractivity contribution in [1.29, 1.82) is 0 Å². The minimum Gasteiger partial charge on any atom is -0.328 e. The molecule has 66 valence electrons. The molecule has 0 bridgehead atoms. The van der Waals surface area contributed by atoms with Gasteiger partial charge in [-0.2, -0.15) is 0 Å². The summed E-state index contributed by atoms with van der Waals surface area (Å²) >= 11 is 0. The van der Waals surface area contributed by atoms with Crippen LogP contribution in [0.25, 0.3) is 0 Å². The minimum absolute atomic E-state index is 0. The van der Waals surface area contributed by atoms with Gasteiger partial charge in [-0.05, 0) is 29.6 Å². The standard InChI is InChI=1S/C9H17N.CH4/c1-8(2)7-4-6(10)5-9(7,8)3;/h6-7H,4-5,10H2,1-3H3;1H4. The van der Waals surface area contributed by atoms with Crippen LogP contribution in [0.4, 0.5) is 0 Å². The Balaban J connectivity index is 0.000000605. The Kier molecular flexibility index (Phi) is 1.65. The summed E-state index contributed by atoms with van der Waals surface area (Å²) in [6.45, 7) is 7.15. The molecule has 2 fully saturated rings. The fourth-order valence-corrected chi connectivity index (χ4v) is 3.09. The summed E-state index contributed by atoms with van der Waals surface area (Å²) in [5.74, 6) is 0.926. The van der Waals surface area contributed by atoms with Crippen LogP contribution in [0.5, 0.6) is 0 Å². The molecule has 2 rings (SSSR count). The van der Waals surface area contributed by atoms with E-state index in [1.54, 1.807) is 0 Å². The molecule has 3 unspecified atom stereocenters. The van der Waals surface area contributed by atoms with Crippen molar-refractivity contribution in [2.45, 2.75) is 47.1 Å². The summed E-state index contributed by atoms with van der Waals surface area (Å²) in [7, 11) is 0. The Morgan fingerprint density at radius 1 is 1.27 bits per heavy atom. The molecule has 0 heterocycles. The lowest BCUT2D eigenvalue weighted by molar-refractivity contribution is 0.360. The molecule has 2 aliphatic carbocycles. The van der Waals surface area contributed by atoms with Gasteiger partial charge in [-0.1, -0.05) is 28.2 Å². The number of fused-ring (bicyclic) bond motifs is 1. The van der Waals surface area contributed by atoms with Crippen LogP contribution >= 0.6 is 0 Å². The largest absolute Gasteiger partial charge is 0.328 e. The van der Waals surface area contributed by atoms with Gasteiger partial charge >= 0.3 is 0 Å². The van der Waals surface area contributed by atoms with Crippen LogP contribution in [0.1, 0.15) is 41.0 Å². The van der Waals surface area contributed by atoms with E-state index >= 15 is 0 Å². The third-order valence-electron chi connectivity index (χ3n) is 4.25. The topological polar surface area (TPSA) is 26.0 Å². The van der Waals surface area contributed by atoms with Crippen molar-refractivity contribution >= 4 is 0 Å².